The van der Waals surface area contributed by atoms with E-state index in [2.05, 4.69) is 0 Å². The molecule has 15 heavy (non-hydrogen) atoms. The largest absolute Gasteiger partial charge is 0.390 e. The van der Waals surface area contributed by atoms with Crippen LogP contribution in [-0.4, -0.2) is 22.4 Å². The monoisotopic (exact) mass is 210 g/mol. The first-order valence-electron chi connectivity index (χ1n) is 6.60. The van der Waals surface area contributed by atoms with E-state index in [0.29, 0.717) is 5.92 Å². The van der Waals surface area contributed by atoms with Gasteiger partial charge in [-0.25, -0.2) is 0 Å². The maximum atomic E-state index is 9.73. The topological polar surface area (TPSA) is 40.5 Å². The molecule has 0 saturated heterocycles. The van der Waals surface area contributed by atoms with Crippen LogP contribution in [0.1, 0.15) is 44.9 Å². The fourth-order valence-electron chi connectivity index (χ4n) is 4.42. The summed E-state index contributed by atoms with van der Waals surface area (Å²) in [6.45, 7) is 0. The summed E-state index contributed by atoms with van der Waals surface area (Å²) in [7, 11) is 0. The van der Waals surface area contributed by atoms with Crippen LogP contribution in [0, 0.1) is 23.7 Å². The molecule has 3 aliphatic carbocycles. The van der Waals surface area contributed by atoms with Crippen molar-refractivity contribution in [1.29, 1.82) is 0 Å². The van der Waals surface area contributed by atoms with Gasteiger partial charge >= 0.3 is 0 Å². The Hall–Kier alpha value is -0.0800. The van der Waals surface area contributed by atoms with Crippen LogP contribution >= 0.6 is 0 Å². The molecule has 0 radical (unpaired) electrons. The smallest absolute Gasteiger partial charge is 0.0801 e. The molecular formula is C13H22O2. The second kappa shape index (κ2) is 3.74. The van der Waals surface area contributed by atoms with E-state index >= 15 is 0 Å². The minimum absolute atomic E-state index is 0.442. The number of aliphatic hydroxyl groups is 2. The van der Waals surface area contributed by atoms with Gasteiger partial charge in [-0.15, -0.1) is 0 Å². The minimum atomic E-state index is -0.445. The van der Waals surface area contributed by atoms with E-state index in [4.69, 9.17) is 0 Å². The van der Waals surface area contributed by atoms with E-state index in [0.717, 1.165) is 37.0 Å². The van der Waals surface area contributed by atoms with Crippen molar-refractivity contribution in [2.45, 2.75) is 57.2 Å². The van der Waals surface area contributed by atoms with Crippen LogP contribution in [-0.2, 0) is 0 Å². The van der Waals surface area contributed by atoms with Gasteiger partial charge in [0.2, 0.25) is 0 Å². The van der Waals surface area contributed by atoms with Gasteiger partial charge in [-0.1, -0.05) is 6.42 Å². The molecule has 0 aromatic rings. The molecule has 0 heterocycles. The van der Waals surface area contributed by atoms with Crippen molar-refractivity contribution in [3.8, 4) is 0 Å². The lowest BCUT2D eigenvalue weighted by Crippen LogP contribution is -2.37. The van der Waals surface area contributed by atoms with Crippen LogP contribution in [0.15, 0.2) is 0 Å². The first kappa shape index (κ1) is 10.1. The normalized spacial score (nSPS) is 54.8. The van der Waals surface area contributed by atoms with Gasteiger partial charge in [0.15, 0.2) is 0 Å². The minimum Gasteiger partial charge on any atom is -0.390 e. The maximum Gasteiger partial charge on any atom is 0.0801 e. The summed E-state index contributed by atoms with van der Waals surface area (Å²) in [5, 5.41) is 19.2. The Bertz CT molecular complexity index is 241. The van der Waals surface area contributed by atoms with Gasteiger partial charge in [-0.3, -0.25) is 0 Å². The summed E-state index contributed by atoms with van der Waals surface area (Å²) in [6, 6.07) is 0. The molecule has 6 atom stereocenters. The van der Waals surface area contributed by atoms with Crippen LogP contribution in [0.25, 0.3) is 0 Å². The quantitative estimate of drug-likeness (QED) is 0.694. The van der Waals surface area contributed by atoms with Gasteiger partial charge < -0.3 is 10.2 Å². The molecule has 3 aliphatic rings. The van der Waals surface area contributed by atoms with Crippen LogP contribution in [0.5, 0.6) is 0 Å². The fourth-order valence-corrected chi connectivity index (χ4v) is 4.42. The van der Waals surface area contributed by atoms with E-state index in [1.165, 1.54) is 25.7 Å². The van der Waals surface area contributed by atoms with Gasteiger partial charge in [0.25, 0.3) is 0 Å². The number of hydrogen-bond acceptors (Lipinski definition) is 2. The zero-order valence-electron chi connectivity index (χ0n) is 9.31. The van der Waals surface area contributed by atoms with Gasteiger partial charge in [0, 0.05) is 0 Å². The standard InChI is InChI=1S/C13H22O2/c14-12-4-3-10(7-13(12)15)11-6-8-1-2-9(11)5-8/h8-15H,1-7H2/t8-,9-,10+,11+,12+,13-/m0/s1. The van der Waals surface area contributed by atoms with Gasteiger partial charge in [0.05, 0.1) is 12.2 Å². The van der Waals surface area contributed by atoms with Crippen LogP contribution in [0.2, 0.25) is 0 Å². The van der Waals surface area contributed by atoms with E-state index < -0.39 is 12.2 Å². The molecule has 3 fully saturated rings. The van der Waals surface area contributed by atoms with E-state index in [1.54, 1.807) is 0 Å². The Kier molecular flexibility index (Phi) is 2.52. The molecule has 3 rings (SSSR count). The van der Waals surface area contributed by atoms with Crippen molar-refractivity contribution < 1.29 is 10.2 Å². The van der Waals surface area contributed by atoms with E-state index in [-0.39, 0.29) is 0 Å². The van der Waals surface area contributed by atoms with Gasteiger partial charge in [-0.2, -0.15) is 0 Å². The van der Waals surface area contributed by atoms with E-state index in [1.807, 2.05) is 0 Å². The maximum absolute atomic E-state index is 9.73. The van der Waals surface area contributed by atoms with Crippen molar-refractivity contribution in [1.82, 2.24) is 0 Å². The molecule has 86 valence electrons. The molecular weight excluding hydrogens is 188 g/mol. The number of hydrogen-bond donors (Lipinski definition) is 2. The summed E-state index contributed by atoms with van der Waals surface area (Å²) in [6.07, 6.45) is 7.70. The highest BCUT2D eigenvalue weighted by Gasteiger charge is 2.44. The van der Waals surface area contributed by atoms with Crippen LogP contribution in [0.3, 0.4) is 0 Å². The third-order valence-corrected chi connectivity index (χ3v) is 5.22. The summed E-state index contributed by atoms with van der Waals surface area (Å²) >= 11 is 0. The first-order valence-corrected chi connectivity index (χ1v) is 6.60. The SMILES string of the molecule is O[C@@H]1CC[C@@H]([C@@H]2C[C@H]3CC[C@H]2C3)C[C@@H]1O. The number of rotatable bonds is 1. The molecule has 3 saturated carbocycles. The van der Waals surface area contributed by atoms with Crippen molar-refractivity contribution in [3.05, 3.63) is 0 Å². The Morgan fingerprint density at radius 1 is 0.667 bits per heavy atom. The Morgan fingerprint density at radius 2 is 1.40 bits per heavy atom. The molecule has 0 unspecified atom stereocenters. The van der Waals surface area contributed by atoms with E-state index in [9.17, 15) is 10.2 Å². The average Bonchev–Trinajstić information content (AvgIpc) is 2.83. The van der Waals surface area contributed by atoms with Crippen molar-refractivity contribution >= 4 is 0 Å². The van der Waals surface area contributed by atoms with Gasteiger partial charge in [0.1, 0.15) is 0 Å². The van der Waals surface area contributed by atoms with Gasteiger partial charge in [-0.05, 0) is 62.2 Å². The molecule has 2 nitrogen and oxygen atoms in total. The fraction of sp³-hybridized carbons (Fsp3) is 1.00. The number of fused-ring (bicyclic) bond motifs is 2. The summed E-state index contributed by atoms with van der Waals surface area (Å²) in [5.74, 6) is 3.55. The molecule has 2 N–H and O–H groups in total. The van der Waals surface area contributed by atoms with Crippen LogP contribution in [0.4, 0.5) is 0 Å². The van der Waals surface area contributed by atoms with Crippen molar-refractivity contribution in [2.24, 2.45) is 23.7 Å². The molecule has 0 aromatic heterocycles. The Labute approximate surface area is 91.7 Å². The third kappa shape index (κ3) is 1.72. The summed E-state index contributed by atoms with van der Waals surface area (Å²) in [5.41, 5.74) is 0. The molecule has 0 aromatic carbocycles. The predicted octanol–water partition coefficient (Wildman–Crippen LogP) is 1.94. The third-order valence-electron chi connectivity index (χ3n) is 5.22. The average molecular weight is 210 g/mol. The highest BCUT2D eigenvalue weighted by molar-refractivity contribution is 4.95. The van der Waals surface area contributed by atoms with Crippen molar-refractivity contribution in [2.75, 3.05) is 0 Å². The lowest BCUT2D eigenvalue weighted by Gasteiger charge is -2.37. The molecule has 0 amide bonds. The second-order valence-corrected chi connectivity index (χ2v) is 6.05. The second-order valence-electron chi connectivity index (χ2n) is 6.05. The predicted molar refractivity (Wildman–Crippen MR) is 58.3 cm³/mol. The Morgan fingerprint density at radius 3 is 2.00 bits per heavy atom. The van der Waals surface area contributed by atoms with Crippen LogP contribution < -0.4 is 0 Å². The summed E-state index contributed by atoms with van der Waals surface area (Å²) in [4.78, 5) is 0. The Balaban J connectivity index is 1.63. The molecule has 2 heteroatoms. The highest BCUT2D eigenvalue weighted by atomic mass is 16.3. The molecule has 0 aliphatic heterocycles. The molecule has 2 bridgehead atoms. The number of aliphatic hydroxyl groups excluding tert-OH is 2. The highest BCUT2D eigenvalue weighted by Crippen LogP contribution is 2.53. The zero-order chi connectivity index (χ0) is 10.4. The lowest BCUT2D eigenvalue weighted by atomic mass is 9.71. The lowest BCUT2D eigenvalue weighted by molar-refractivity contribution is -0.0392. The summed E-state index contributed by atoms with van der Waals surface area (Å²) < 4.78 is 0. The first-order chi connectivity index (χ1) is 7.24. The van der Waals surface area contributed by atoms with Crippen molar-refractivity contribution in [3.63, 3.8) is 0 Å². The zero-order valence-corrected chi connectivity index (χ0v) is 9.31. The molecule has 0 spiro atoms.